The fraction of sp³-hybridized carbons (Fsp3) is 0.276. The van der Waals surface area contributed by atoms with E-state index in [-0.39, 0.29) is 24.2 Å². The second kappa shape index (κ2) is 12.4. The van der Waals surface area contributed by atoms with Gasteiger partial charge in [-0.05, 0) is 23.8 Å². The van der Waals surface area contributed by atoms with Crippen LogP contribution in [-0.4, -0.2) is 54.3 Å². The van der Waals surface area contributed by atoms with Crippen LogP contribution in [0.4, 0.5) is 4.39 Å². The fourth-order valence-corrected chi connectivity index (χ4v) is 4.36. The summed E-state index contributed by atoms with van der Waals surface area (Å²) >= 11 is 0. The van der Waals surface area contributed by atoms with Crippen molar-refractivity contribution in [2.75, 3.05) is 39.4 Å². The molecule has 1 aliphatic heterocycles. The predicted molar refractivity (Wildman–Crippen MR) is 140 cm³/mol. The van der Waals surface area contributed by atoms with Crippen LogP contribution < -0.4 is 10.1 Å². The van der Waals surface area contributed by atoms with E-state index in [1.165, 1.54) is 6.07 Å². The first-order valence-corrected chi connectivity index (χ1v) is 12.5. The maximum atomic E-state index is 14.7. The van der Waals surface area contributed by atoms with Crippen molar-refractivity contribution in [2.24, 2.45) is 0 Å². The zero-order valence-corrected chi connectivity index (χ0v) is 20.9. The third kappa shape index (κ3) is 6.06. The minimum absolute atomic E-state index is 0.0604. The van der Waals surface area contributed by atoms with Crippen LogP contribution in [-0.2, 0) is 17.9 Å². The summed E-state index contributed by atoms with van der Waals surface area (Å²) in [6.45, 7) is 5.26. The van der Waals surface area contributed by atoms with Crippen molar-refractivity contribution < 1.29 is 18.3 Å². The molecule has 0 bridgehead atoms. The summed E-state index contributed by atoms with van der Waals surface area (Å²) in [6.07, 6.45) is 1.60. The molecule has 0 unspecified atom stereocenters. The van der Waals surface area contributed by atoms with Crippen molar-refractivity contribution in [3.05, 3.63) is 89.9 Å². The first-order chi connectivity index (χ1) is 18.7. The molecule has 38 heavy (non-hydrogen) atoms. The van der Waals surface area contributed by atoms with Gasteiger partial charge >= 0.3 is 0 Å². The molecule has 2 aromatic heterocycles. The number of aromatic nitrogens is 2. The fourth-order valence-electron chi connectivity index (χ4n) is 4.36. The summed E-state index contributed by atoms with van der Waals surface area (Å²) in [6, 6.07) is 20.0. The molecule has 2 aromatic carbocycles. The normalized spacial score (nSPS) is 13.8. The Morgan fingerprint density at radius 2 is 1.82 bits per heavy atom. The number of rotatable bonds is 10. The Bertz CT molecular complexity index is 1400. The van der Waals surface area contributed by atoms with E-state index in [1.54, 1.807) is 30.5 Å². The zero-order chi connectivity index (χ0) is 26.2. The van der Waals surface area contributed by atoms with Crippen LogP contribution in [0.2, 0.25) is 0 Å². The highest BCUT2D eigenvalue weighted by atomic mass is 19.1. The Kier molecular flexibility index (Phi) is 8.36. The molecule has 0 aliphatic carbocycles. The van der Waals surface area contributed by atoms with Crippen LogP contribution >= 0.6 is 0 Å². The second-order valence-corrected chi connectivity index (χ2v) is 8.80. The van der Waals surface area contributed by atoms with Crippen LogP contribution in [0.3, 0.4) is 0 Å². The highest BCUT2D eigenvalue weighted by molar-refractivity contribution is 5.72. The van der Waals surface area contributed by atoms with Crippen LogP contribution in [0.15, 0.2) is 71.3 Å². The number of nitrogens with zero attached hydrogens (tertiary/aromatic N) is 4. The van der Waals surface area contributed by atoms with Gasteiger partial charge < -0.3 is 19.2 Å². The van der Waals surface area contributed by atoms with Gasteiger partial charge in [-0.15, -0.1) is 0 Å². The molecule has 0 amide bonds. The van der Waals surface area contributed by atoms with E-state index in [1.807, 2.05) is 30.3 Å². The lowest BCUT2D eigenvalue weighted by atomic mass is 10.0. The molecule has 1 N–H and O–H groups in total. The van der Waals surface area contributed by atoms with Crippen LogP contribution in [0.5, 0.6) is 5.88 Å². The lowest BCUT2D eigenvalue weighted by Gasteiger charge is -2.26. The molecule has 1 saturated heterocycles. The quantitative estimate of drug-likeness (QED) is 0.312. The van der Waals surface area contributed by atoms with Gasteiger partial charge in [-0.3, -0.25) is 4.90 Å². The third-order valence-electron chi connectivity index (χ3n) is 6.31. The number of hydrogen-bond acceptors (Lipinski definition) is 8. The molecule has 3 heterocycles. The average molecular weight is 514 g/mol. The maximum absolute atomic E-state index is 14.7. The number of hydrogen-bond donors (Lipinski definition) is 1. The second-order valence-electron chi connectivity index (χ2n) is 8.80. The minimum atomic E-state index is -0.383. The number of halogens is 1. The van der Waals surface area contributed by atoms with E-state index in [2.05, 4.69) is 26.3 Å². The summed E-state index contributed by atoms with van der Waals surface area (Å²) in [4.78, 5) is 11.1. The number of ether oxygens (including phenoxy) is 2. The van der Waals surface area contributed by atoms with E-state index in [4.69, 9.17) is 13.9 Å². The Balaban J connectivity index is 1.32. The van der Waals surface area contributed by atoms with Gasteiger partial charge in [0.25, 0.3) is 0 Å². The summed E-state index contributed by atoms with van der Waals surface area (Å²) in [7, 11) is 0. The molecule has 9 heteroatoms. The van der Waals surface area contributed by atoms with E-state index < -0.39 is 0 Å². The number of nitrogens with one attached hydrogen (secondary N) is 1. The topological polar surface area (TPSA) is 96.4 Å². The van der Waals surface area contributed by atoms with Crippen molar-refractivity contribution in [1.82, 2.24) is 20.2 Å². The summed E-state index contributed by atoms with van der Waals surface area (Å²) < 4.78 is 32.0. The third-order valence-corrected chi connectivity index (χ3v) is 6.31. The van der Waals surface area contributed by atoms with Crippen molar-refractivity contribution in [3.8, 4) is 34.3 Å². The van der Waals surface area contributed by atoms with Crippen molar-refractivity contribution >= 4 is 0 Å². The maximum Gasteiger partial charge on any atom is 0.233 e. The Labute approximate surface area is 220 Å². The molecule has 1 aliphatic rings. The van der Waals surface area contributed by atoms with Crippen molar-refractivity contribution in [1.29, 1.82) is 5.26 Å². The molecule has 1 fully saturated rings. The van der Waals surface area contributed by atoms with Gasteiger partial charge in [-0.2, -0.15) is 5.26 Å². The first kappa shape index (κ1) is 25.5. The van der Waals surface area contributed by atoms with E-state index in [0.717, 1.165) is 50.5 Å². The highest BCUT2D eigenvalue weighted by Gasteiger charge is 2.20. The van der Waals surface area contributed by atoms with Gasteiger partial charge in [0.15, 0.2) is 6.61 Å². The summed E-state index contributed by atoms with van der Waals surface area (Å²) in [5, 5.41) is 13.2. The monoisotopic (exact) mass is 513 g/mol. The first-order valence-electron chi connectivity index (χ1n) is 12.5. The van der Waals surface area contributed by atoms with Crippen molar-refractivity contribution in [2.45, 2.75) is 13.2 Å². The molecular formula is C29H28FN5O3. The number of morpholine rings is 1. The number of nitriles is 1. The van der Waals surface area contributed by atoms with Crippen LogP contribution in [0, 0.1) is 17.1 Å². The molecule has 0 atom stereocenters. The lowest BCUT2D eigenvalue weighted by Crippen LogP contribution is -2.40. The van der Waals surface area contributed by atoms with E-state index in [0.29, 0.717) is 29.1 Å². The Morgan fingerprint density at radius 3 is 2.61 bits per heavy atom. The standard InChI is InChI=1S/C29H28FN5O3/c30-25-9-5-4-8-23(25)28-26(19-32-12-13-35-14-16-36-17-15-35)38-27(34-28)20-37-29-24(18-31)22(10-11-33-29)21-6-2-1-3-7-21/h1-11,32H,12-17,19-20H2. The Hall–Kier alpha value is -4.10. The minimum Gasteiger partial charge on any atom is -0.467 e. The molecule has 0 spiro atoms. The molecule has 0 saturated carbocycles. The average Bonchev–Trinajstić information content (AvgIpc) is 3.38. The van der Waals surface area contributed by atoms with Gasteiger partial charge in [0.2, 0.25) is 11.8 Å². The predicted octanol–water partition coefficient (Wildman–Crippen LogP) is 4.42. The van der Waals surface area contributed by atoms with Crippen LogP contribution in [0.1, 0.15) is 17.2 Å². The number of benzene rings is 2. The number of oxazole rings is 1. The Morgan fingerprint density at radius 1 is 1.03 bits per heavy atom. The highest BCUT2D eigenvalue weighted by Crippen LogP contribution is 2.30. The van der Waals surface area contributed by atoms with Crippen molar-refractivity contribution in [3.63, 3.8) is 0 Å². The van der Waals surface area contributed by atoms with Gasteiger partial charge in [0.05, 0.1) is 19.8 Å². The molecule has 8 nitrogen and oxygen atoms in total. The molecule has 5 rings (SSSR count). The zero-order valence-electron chi connectivity index (χ0n) is 20.9. The van der Waals surface area contributed by atoms with Gasteiger partial charge in [-0.25, -0.2) is 14.4 Å². The SMILES string of the molecule is N#Cc1c(-c2ccccc2)ccnc1OCc1nc(-c2ccccc2F)c(CNCCN2CCOCC2)o1. The van der Waals surface area contributed by atoms with E-state index in [9.17, 15) is 9.65 Å². The summed E-state index contributed by atoms with van der Waals surface area (Å²) in [5.41, 5.74) is 2.72. The van der Waals surface area contributed by atoms with E-state index >= 15 is 0 Å². The smallest absolute Gasteiger partial charge is 0.233 e. The summed E-state index contributed by atoms with van der Waals surface area (Å²) in [5.74, 6) is 0.586. The van der Waals surface area contributed by atoms with Crippen LogP contribution in [0.25, 0.3) is 22.4 Å². The molecule has 0 radical (unpaired) electrons. The van der Waals surface area contributed by atoms with Gasteiger partial charge in [-0.1, -0.05) is 42.5 Å². The number of pyridine rings is 1. The molecule has 194 valence electrons. The molecule has 4 aromatic rings. The largest absolute Gasteiger partial charge is 0.467 e. The van der Waals surface area contributed by atoms with Gasteiger partial charge in [0, 0.05) is 43.5 Å². The lowest BCUT2D eigenvalue weighted by molar-refractivity contribution is 0.0383. The molecular weight excluding hydrogens is 485 g/mol. The van der Waals surface area contributed by atoms with Gasteiger partial charge in [0.1, 0.15) is 28.9 Å².